The van der Waals surface area contributed by atoms with Gasteiger partial charge in [0, 0.05) is 38.7 Å². The highest BCUT2D eigenvalue weighted by atomic mass is 16.1. The van der Waals surface area contributed by atoms with Gasteiger partial charge in [0.1, 0.15) is 0 Å². The van der Waals surface area contributed by atoms with Gasteiger partial charge in [-0.15, -0.1) is 5.10 Å². The van der Waals surface area contributed by atoms with Crippen molar-refractivity contribution in [1.82, 2.24) is 15.5 Å². The van der Waals surface area contributed by atoms with Crippen molar-refractivity contribution in [2.24, 2.45) is 0 Å². The van der Waals surface area contributed by atoms with Crippen LogP contribution in [-0.4, -0.2) is 42.3 Å². The molecular weight excluding hydrogens is 326 g/mol. The summed E-state index contributed by atoms with van der Waals surface area (Å²) in [6.45, 7) is 3.40. The average molecular weight is 353 g/mol. The largest absolute Gasteiger partial charge is 0.370 e. The van der Waals surface area contributed by atoms with Crippen LogP contribution in [0.5, 0.6) is 0 Å². The molecule has 1 aromatic carbocycles. The molecule has 2 heterocycles. The monoisotopic (exact) mass is 353 g/mol. The summed E-state index contributed by atoms with van der Waals surface area (Å²) in [5.74, 6) is 0.854. The lowest BCUT2D eigenvalue weighted by Gasteiger charge is -2.17. The van der Waals surface area contributed by atoms with Crippen LogP contribution in [-0.2, 0) is 11.2 Å². The molecular formula is C20H27N5O. The highest BCUT2D eigenvalue weighted by Crippen LogP contribution is 2.20. The third-order valence-corrected chi connectivity index (χ3v) is 4.58. The zero-order valence-corrected chi connectivity index (χ0v) is 15.2. The number of aromatic nitrogens is 2. The Kier molecular flexibility index (Phi) is 6.81. The third-order valence-electron chi connectivity index (χ3n) is 4.58. The molecule has 2 N–H and O–H groups in total. The first-order chi connectivity index (χ1) is 12.8. The summed E-state index contributed by atoms with van der Waals surface area (Å²) in [7, 11) is 0. The van der Waals surface area contributed by atoms with E-state index in [1.54, 1.807) is 0 Å². The predicted molar refractivity (Wildman–Crippen MR) is 104 cm³/mol. The van der Waals surface area contributed by atoms with Gasteiger partial charge < -0.3 is 15.5 Å². The van der Waals surface area contributed by atoms with E-state index in [0.717, 1.165) is 37.4 Å². The molecule has 6 nitrogen and oxygen atoms in total. The number of nitrogens with one attached hydrogen (secondary N) is 2. The van der Waals surface area contributed by atoms with E-state index in [0.29, 0.717) is 19.5 Å². The number of rotatable bonds is 9. The zero-order chi connectivity index (χ0) is 18.0. The molecule has 3 rings (SSSR count). The number of carbonyl (C=O) groups excluding carboxylic acids is 1. The summed E-state index contributed by atoms with van der Waals surface area (Å²) in [4.78, 5) is 14.2. The minimum Gasteiger partial charge on any atom is -0.370 e. The Morgan fingerprint density at radius 2 is 1.92 bits per heavy atom. The molecule has 0 saturated carbocycles. The van der Waals surface area contributed by atoms with Gasteiger partial charge in [-0.25, -0.2) is 0 Å². The lowest BCUT2D eigenvalue weighted by Crippen LogP contribution is -2.28. The molecule has 0 unspecified atom stereocenters. The molecule has 1 amide bonds. The number of benzene rings is 1. The van der Waals surface area contributed by atoms with E-state index >= 15 is 0 Å². The maximum absolute atomic E-state index is 11.9. The van der Waals surface area contributed by atoms with Crippen molar-refractivity contribution in [3.63, 3.8) is 0 Å². The fraction of sp³-hybridized carbons (Fsp3) is 0.450. The quantitative estimate of drug-likeness (QED) is 0.678. The van der Waals surface area contributed by atoms with Gasteiger partial charge in [0.2, 0.25) is 5.91 Å². The Labute approximate surface area is 155 Å². The van der Waals surface area contributed by atoms with Crippen molar-refractivity contribution in [3.05, 3.63) is 48.2 Å². The Morgan fingerprint density at radius 3 is 2.73 bits per heavy atom. The molecule has 1 fully saturated rings. The number of hydrogen-bond donors (Lipinski definition) is 2. The molecule has 0 aliphatic carbocycles. The van der Waals surface area contributed by atoms with Crippen molar-refractivity contribution in [1.29, 1.82) is 0 Å². The first-order valence-electron chi connectivity index (χ1n) is 9.43. The number of nitrogens with zero attached hydrogens (tertiary/aromatic N) is 3. The first kappa shape index (κ1) is 18.2. The summed E-state index contributed by atoms with van der Waals surface area (Å²) < 4.78 is 0. The summed E-state index contributed by atoms with van der Waals surface area (Å²) in [6, 6.07) is 12.3. The number of aryl methyl sites for hydroxylation is 1. The normalized spacial score (nSPS) is 13.6. The second-order valence-electron chi connectivity index (χ2n) is 6.61. The van der Waals surface area contributed by atoms with Crippen LogP contribution in [0.15, 0.2) is 42.6 Å². The number of hydrogen-bond acceptors (Lipinski definition) is 5. The van der Waals surface area contributed by atoms with E-state index in [-0.39, 0.29) is 5.91 Å². The van der Waals surface area contributed by atoms with Crippen LogP contribution in [0.1, 0.15) is 31.2 Å². The first-order valence-corrected chi connectivity index (χ1v) is 9.43. The second-order valence-corrected chi connectivity index (χ2v) is 6.61. The number of carbonyl (C=O) groups is 1. The van der Waals surface area contributed by atoms with E-state index in [2.05, 4.69) is 37.9 Å². The molecule has 1 aliphatic heterocycles. The highest BCUT2D eigenvalue weighted by molar-refractivity contribution is 5.75. The number of anilines is 2. The Morgan fingerprint density at radius 1 is 1.12 bits per heavy atom. The van der Waals surface area contributed by atoms with Crippen LogP contribution in [0.4, 0.5) is 11.5 Å². The lowest BCUT2D eigenvalue weighted by atomic mass is 10.1. The molecule has 0 radical (unpaired) electrons. The standard InChI is InChI=1S/C20H27N5O/c26-20(10-6-9-17-7-2-1-3-8-17)22-12-11-21-19-15-18(16-23-24-19)25-13-4-5-14-25/h1-3,7-8,15-16H,4-6,9-14H2,(H,21,24)(H,22,26). The fourth-order valence-electron chi connectivity index (χ4n) is 3.17. The van der Waals surface area contributed by atoms with Gasteiger partial charge in [0.15, 0.2) is 5.82 Å². The molecule has 138 valence electrons. The van der Waals surface area contributed by atoms with Gasteiger partial charge in [-0.3, -0.25) is 4.79 Å². The molecule has 0 spiro atoms. The third kappa shape index (κ3) is 5.72. The smallest absolute Gasteiger partial charge is 0.220 e. The van der Waals surface area contributed by atoms with Gasteiger partial charge >= 0.3 is 0 Å². The Balaban J connectivity index is 1.31. The minimum absolute atomic E-state index is 0.0969. The molecule has 0 atom stereocenters. The predicted octanol–water partition coefficient (Wildman–Crippen LogP) is 2.63. The molecule has 1 aromatic heterocycles. The van der Waals surface area contributed by atoms with Crippen molar-refractivity contribution in [3.8, 4) is 0 Å². The Bertz CT molecular complexity index is 686. The van der Waals surface area contributed by atoms with Crippen molar-refractivity contribution >= 4 is 17.4 Å². The van der Waals surface area contributed by atoms with Crippen molar-refractivity contribution in [2.45, 2.75) is 32.1 Å². The Hall–Kier alpha value is -2.63. The van der Waals surface area contributed by atoms with E-state index in [4.69, 9.17) is 0 Å². The molecule has 1 saturated heterocycles. The highest BCUT2D eigenvalue weighted by Gasteiger charge is 2.13. The van der Waals surface area contributed by atoms with E-state index in [1.165, 1.54) is 18.4 Å². The van der Waals surface area contributed by atoms with Crippen molar-refractivity contribution in [2.75, 3.05) is 36.4 Å². The van der Waals surface area contributed by atoms with Gasteiger partial charge in [0.25, 0.3) is 0 Å². The summed E-state index contributed by atoms with van der Waals surface area (Å²) >= 11 is 0. The lowest BCUT2D eigenvalue weighted by molar-refractivity contribution is -0.121. The second kappa shape index (κ2) is 9.75. The summed E-state index contributed by atoms with van der Waals surface area (Å²) in [5, 5.41) is 14.4. The van der Waals surface area contributed by atoms with Crippen LogP contribution in [0.2, 0.25) is 0 Å². The van der Waals surface area contributed by atoms with Crippen LogP contribution >= 0.6 is 0 Å². The van der Waals surface area contributed by atoms with Crippen molar-refractivity contribution < 1.29 is 4.79 Å². The SMILES string of the molecule is O=C(CCCc1ccccc1)NCCNc1cc(N2CCCC2)cnn1. The minimum atomic E-state index is 0.0969. The zero-order valence-electron chi connectivity index (χ0n) is 15.2. The van der Waals surface area contributed by atoms with Crippen LogP contribution in [0.3, 0.4) is 0 Å². The van der Waals surface area contributed by atoms with E-state index in [9.17, 15) is 4.79 Å². The van der Waals surface area contributed by atoms with Crippen LogP contribution in [0, 0.1) is 0 Å². The van der Waals surface area contributed by atoms with Crippen LogP contribution < -0.4 is 15.5 Å². The molecule has 6 heteroatoms. The van der Waals surface area contributed by atoms with Gasteiger partial charge in [-0.2, -0.15) is 5.10 Å². The maximum atomic E-state index is 11.9. The van der Waals surface area contributed by atoms with E-state index in [1.807, 2.05) is 30.5 Å². The number of amides is 1. The topological polar surface area (TPSA) is 70.2 Å². The molecule has 2 aromatic rings. The molecule has 1 aliphatic rings. The van der Waals surface area contributed by atoms with Gasteiger partial charge in [-0.1, -0.05) is 30.3 Å². The maximum Gasteiger partial charge on any atom is 0.220 e. The molecule has 26 heavy (non-hydrogen) atoms. The average Bonchev–Trinajstić information content (AvgIpc) is 3.21. The fourth-order valence-corrected chi connectivity index (χ4v) is 3.17. The summed E-state index contributed by atoms with van der Waals surface area (Å²) in [6.07, 6.45) is 6.64. The van der Waals surface area contributed by atoms with Gasteiger partial charge in [0.05, 0.1) is 11.9 Å². The van der Waals surface area contributed by atoms with Crippen LogP contribution in [0.25, 0.3) is 0 Å². The summed E-state index contributed by atoms with van der Waals surface area (Å²) in [5.41, 5.74) is 2.39. The van der Waals surface area contributed by atoms with Gasteiger partial charge in [-0.05, 0) is 31.2 Å². The van der Waals surface area contributed by atoms with E-state index < -0.39 is 0 Å². The molecule has 0 bridgehead atoms.